The van der Waals surface area contributed by atoms with Gasteiger partial charge in [0.05, 0.1) is 41.6 Å². The number of halogens is 1. The van der Waals surface area contributed by atoms with Gasteiger partial charge in [0.15, 0.2) is 5.01 Å². The van der Waals surface area contributed by atoms with Crippen LogP contribution in [0.5, 0.6) is 0 Å². The zero-order valence-corrected chi connectivity index (χ0v) is 20.3. The van der Waals surface area contributed by atoms with Crippen molar-refractivity contribution in [3.05, 3.63) is 39.3 Å². The van der Waals surface area contributed by atoms with Crippen LogP contribution in [0.1, 0.15) is 65.3 Å². The quantitative estimate of drug-likeness (QED) is 0.488. The van der Waals surface area contributed by atoms with Gasteiger partial charge in [-0.25, -0.2) is 15.0 Å². The van der Waals surface area contributed by atoms with Crippen LogP contribution in [-0.2, 0) is 6.42 Å². The molecule has 0 spiro atoms. The van der Waals surface area contributed by atoms with Gasteiger partial charge in [0, 0.05) is 13.5 Å². The third kappa shape index (κ3) is 4.87. The molecule has 1 fully saturated rings. The molecule has 4 rings (SSSR count). The standard InChI is InChI=1S/C22H27ClN6O3S/c1-11(2)7-18-27-13-8-14(20(31)24-3)25-9-16(13)29(18)15-6-4-5-12(19(15)30)28-21(32)22-26-10-17(23)33-22/h8-12,15,19,30H,4-7H2,1-3H3,(H,24,31)(H,28,32)/t12-,15+,19+/m0/s1. The zero-order chi connectivity index (χ0) is 23.7. The highest BCUT2D eigenvalue weighted by molar-refractivity contribution is 7.17. The summed E-state index contributed by atoms with van der Waals surface area (Å²) in [4.78, 5) is 37.8. The first-order valence-electron chi connectivity index (χ1n) is 11.0. The van der Waals surface area contributed by atoms with Crippen LogP contribution in [0.25, 0.3) is 11.0 Å². The average Bonchev–Trinajstić information content (AvgIpc) is 3.37. The van der Waals surface area contributed by atoms with Crippen LogP contribution in [0.4, 0.5) is 0 Å². The van der Waals surface area contributed by atoms with Crippen LogP contribution in [0, 0.1) is 5.92 Å². The number of carbonyl (C=O) groups is 2. The molecular formula is C22H27ClN6O3S. The van der Waals surface area contributed by atoms with Crippen molar-refractivity contribution in [3.8, 4) is 0 Å². The second kappa shape index (κ2) is 9.74. The largest absolute Gasteiger partial charge is 0.389 e. The molecule has 0 radical (unpaired) electrons. The van der Waals surface area contributed by atoms with Gasteiger partial charge in [-0.1, -0.05) is 36.8 Å². The highest BCUT2D eigenvalue weighted by Gasteiger charge is 2.36. The minimum atomic E-state index is -0.819. The number of pyridine rings is 1. The Labute approximate surface area is 200 Å². The van der Waals surface area contributed by atoms with E-state index in [1.165, 1.54) is 6.20 Å². The normalized spacial score (nSPS) is 20.8. The molecule has 2 amide bonds. The van der Waals surface area contributed by atoms with Gasteiger partial charge in [-0.3, -0.25) is 9.59 Å². The molecular weight excluding hydrogens is 464 g/mol. The predicted molar refractivity (Wildman–Crippen MR) is 127 cm³/mol. The summed E-state index contributed by atoms with van der Waals surface area (Å²) in [5, 5.41) is 17.1. The number of aromatic nitrogens is 4. The molecule has 1 aliphatic carbocycles. The van der Waals surface area contributed by atoms with Crippen LogP contribution in [-0.4, -0.2) is 55.6 Å². The lowest BCUT2D eigenvalue weighted by atomic mass is 9.87. The molecule has 0 saturated heterocycles. The molecule has 3 aromatic heterocycles. The van der Waals surface area contributed by atoms with Crippen molar-refractivity contribution >= 4 is 45.8 Å². The molecule has 0 bridgehead atoms. The van der Waals surface area contributed by atoms with E-state index in [-0.39, 0.29) is 22.9 Å². The minimum absolute atomic E-state index is 0.272. The van der Waals surface area contributed by atoms with Crippen molar-refractivity contribution in [3.63, 3.8) is 0 Å². The van der Waals surface area contributed by atoms with Gasteiger partial charge in [-0.05, 0) is 31.2 Å². The van der Waals surface area contributed by atoms with Crippen molar-refractivity contribution in [1.29, 1.82) is 0 Å². The summed E-state index contributed by atoms with van der Waals surface area (Å²) in [6.07, 6.45) is 5.20. The van der Waals surface area contributed by atoms with Gasteiger partial charge < -0.3 is 20.3 Å². The smallest absolute Gasteiger partial charge is 0.280 e. The maximum Gasteiger partial charge on any atom is 0.280 e. The van der Waals surface area contributed by atoms with Crippen LogP contribution >= 0.6 is 22.9 Å². The van der Waals surface area contributed by atoms with E-state index >= 15 is 0 Å². The highest BCUT2D eigenvalue weighted by atomic mass is 35.5. The Bertz CT molecular complexity index is 1180. The lowest BCUT2D eigenvalue weighted by Gasteiger charge is -2.37. The fourth-order valence-corrected chi connectivity index (χ4v) is 5.18. The van der Waals surface area contributed by atoms with Gasteiger partial charge in [0.1, 0.15) is 15.9 Å². The Kier molecular flexibility index (Phi) is 6.96. The third-order valence-corrected chi connectivity index (χ3v) is 6.95. The second-order valence-electron chi connectivity index (χ2n) is 8.67. The number of aliphatic hydroxyl groups is 1. The van der Waals surface area contributed by atoms with E-state index in [1.807, 2.05) is 4.57 Å². The summed E-state index contributed by atoms with van der Waals surface area (Å²) in [5.41, 5.74) is 1.72. The number of nitrogens with zero attached hydrogens (tertiary/aromatic N) is 4. The number of imidazole rings is 1. The van der Waals surface area contributed by atoms with Crippen molar-refractivity contribution in [1.82, 2.24) is 30.2 Å². The van der Waals surface area contributed by atoms with Gasteiger partial charge in [0.2, 0.25) is 0 Å². The summed E-state index contributed by atoms with van der Waals surface area (Å²) >= 11 is 7.01. The molecule has 3 atom stereocenters. The van der Waals surface area contributed by atoms with Crippen LogP contribution in [0.15, 0.2) is 18.5 Å². The molecule has 0 unspecified atom stereocenters. The SMILES string of the molecule is CNC(=O)c1cc2nc(CC(C)C)n([C@@H]3CCC[C@H](NC(=O)c4ncc(Cl)s4)[C@H]3O)c2cn1. The van der Waals surface area contributed by atoms with E-state index in [1.54, 1.807) is 19.3 Å². The fourth-order valence-electron chi connectivity index (χ4n) is 4.36. The van der Waals surface area contributed by atoms with Crippen molar-refractivity contribution in [2.45, 2.75) is 57.7 Å². The van der Waals surface area contributed by atoms with E-state index in [4.69, 9.17) is 16.6 Å². The Hall–Kier alpha value is -2.56. The molecule has 0 aliphatic heterocycles. The minimum Gasteiger partial charge on any atom is -0.389 e. The Morgan fingerprint density at radius 2 is 2.06 bits per heavy atom. The Morgan fingerprint density at radius 1 is 1.27 bits per heavy atom. The van der Waals surface area contributed by atoms with E-state index in [2.05, 4.69) is 34.4 Å². The van der Waals surface area contributed by atoms with Crippen molar-refractivity contribution in [2.24, 2.45) is 5.92 Å². The third-order valence-electron chi connectivity index (χ3n) is 5.84. The van der Waals surface area contributed by atoms with E-state index in [9.17, 15) is 14.7 Å². The first-order valence-corrected chi connectivity index (χ1v) is 12.2. The van der Waals surface area contributed by atoms with Gasteiger partial charge >= 0.3 is 0 Å². The molecule has 33 heavy (non-hydrogen) atoms. The molecule has 3 heterocycles. The molecule has 1 saturated carbocycles. The van der Waals surface area contributed by atoms with E-state index in [0.29, 0.717) is 34.3 Å². The first-order chi connectivity index (χ1) is 15.8. The monoisotopic (exact) mass is 490 g/mol. The van der Waals surface area contributed by atoms with Gasteiger partial charge in [-0.15, -0.1) is 0 Å². The topological polar surface area (TPSA) is 122 Å². The molecule has 1 aliphatic rings. The molecule has 3 aromatic rings. The first kappa shape index (κ1) is 23.6. The summed E-state index contributed by atoms with van der Waals surface area (Å²) in [6, 6.07) is 0.964. The number of nitrogens with one attached hydrogen (secondary N) is 2. The Balaban J connectivity index is 1.67. The predicted octanol–water partition coefficient (Wildman–Crippen LogP) is 2.98. The zero-order valence-electron chi connectivity index (χ0n) is 18.7. The maximum atomic E-state index is 12.6. The second-order valence-corrected chi connectivity index (χ2v) is 10.3. The number of thiazole rings is 1. The molecule has 11 heteroatoms. The van der Waals surface area contributed by atoms with Crippen LogP contribution in [0.2, 0.25) is 4.34 Å². The number of rotatable bonds is 6. The lowest BCUT2D eigenvalue weighted by Crippen LogP contribution is -2.49. The number of carbonyl (C=O) groups excluding carboxylic acids is 2. The number of hydrogen-bond donors (Lipinski definition) is 3. The molecule has 9 nitrogen and oxygen atoms in total. The summed E-state index contributed by atoms with van der Waals surface area (Å²) in [7, 11) is 1.56. The average molecular weight is 491 g/mol. The molecule has 176 valence electrons. The van der Waals surface area contributed by atoms with Crippen molar-refractivity contribution < 1.29 is 14.7 Å². The summed E-state index contributed by atoms with van der Waals surface area (Å²) in [5.74, 6) is 0.558. The number of hydrogen-bond acceptors (Lipinski definition) is 7. The van der Waals surface area contributed by atoms with Gasteiger partial charge in [0.25, 0.3) is 11.8 Å². The molecule has 0 aromatic carbocycles. The maximum absolute atomic E-state index is 12.6. The van der Waals surface area contributed by atoms with E-state index in [0.717, 1.165) is 35.5 Å². The number of aliphatic hydroxyl groups excluding tert-OH is 1. The number of amides is 2. The van der Waals surface area contributed by atoms with Crippen LogP contribution < -0.4 is 10.6 Å². The fraction of sp³-hybridized carbons (Fsp3) is 0.500. The van der Waals surface area contributed by atoms with Crippen molar-refractivity contribution in [2.75, 3.05) is 7.05 Å². The van der Waals surface area contributed by atoms with Gasteiger partial charge in [-0.2, -0.15) is 0 Å². The molecule has 3 N–H and O–H groups in total. The summed E-state index contributed by atoms with van der Waals surface area (Å²) < 4.78 is 2.48. The highest BCUT2D eigenvalue weighted by Crippen LogP contribution is 2.34. The number of fused-ring (bicyclic) bond motifs is 1. The van der Waals surface area contributed by atoms with Crippen LogP contribution in [0.3, 0.4) is 0 Å². The summed E-state index contributed by atoms with van der Waals surface area (Å²) in [6.45, 7) is 4.22. The van der Waals surface area contributed by atoms with E-state index < -0.39 is 12.1 Å². The Morgan fingerprint density at radius 3 is 2.73 bits per heavy atom. The lowest BCUT2D eigenvalue weighted by molar-refractivity contribution is 0.0401.